The average Bonchev–Trinajstić information content (AvgIpc) is 3.04. The number of alkyl halides is 6. The smallest absolute Gasteiger partial charge is 0.420 e. The minimum Gasteiger partial charge on any atom is -0.490 e. The van der Waals surface area contributed by atoms with E-state index in [4.69, 9.17) is 28.4 Å². The highest BCUT2D eigenvalue weighted by Gasteiger charge is 2.49. The lowest BCUT2D eigenvalue weighted by Gasteiger charge is -2.21. The number of hydrogen-bond acceptors (Lipinski definition) is 10. The van der Waals surface area contributed by atoms with Crippen molar-refractivity contribution >= 4 is 23.9 Å². The molecule has 0 fully saturated rings. The molecular formula is C34H28F6O10. The second-order valence-electron chi connectivity index (χ2n) is 10.2. The third-order valence-electron chi connectivity index (χ3n) is 6.15. The van der Waals surface area contributed by atoms with Crippen LogP contribution in [-0.4, -0.2) is 50.3 Å². The molecule has 0 aliphatic rings. The van der Waals surface area contributed by atoms with Gasteiger partial charge in [-0.2, -0.15) is 26.3 Å². The average molecular weight is 711 g/mol. The van der Waals surface area contributed by atoms with Gasteiger partial charge in [-0.3, -0.25) is 0 Å². The zero-order valence-corrected chi connectivity index (χ0v) is 26.4. The van der Waals surface area contributed by atoms with E-state index in [9.17, 15) is 45.5 Å². The molecule has 50 heavy (non-hydrogen) atoms. The van der Waals surface area contributed by atoms with Gasteiger partial charge in [-0.25, -0.2) is 19.2 Å². The number of carbonyl (C=O) groups excluding carboxylic acids is 4. The van der Waals surface area contributed by atoms with Crippen molar-refractivity contribution in [2.75, 3.05) is 26.4 Å². The molecule has 0 amide bonds. The number of benzene rings is 3. The topological polar surface area (TPSA) is 124 Å². The van der Waals surface area contributed by atoms with Crippen LogP contribution in [0.2, 0.25) is 0 Å². The highest BCUT2D eigenvalue weighted by molar-refractivity contribution is 5.92. The summed E-state index contributed by atoms with van der Waals surface area (Å²) in [5.41, 5.74) is -5.14. The molecule has 0 bridgehead atoms. The zero-order valence-electron chi connectivity index (χ0n) is 26.4. The zero-order chi connectivity index (χ0) is 37.2. The van der Waals surface area contributed by atoms with Gasteiger partial charge in [-0.1, -0.05) is 13.2 Å². The molecule has 0 radical (unpaired) electrons. The summed E-state index contributed by atoms with van der Waals surface area (Å²) in [6, 6.07) is 10.1. The van der Waals surface area contributed by atoms with Gasteiger partial charge in [0.25, 0.3) is 0 Å². The van der Waals surface area contributed by atoms with Crippen LogP contribution >= 0.6 is 0 Å². The first-order chi connectivity index (χ1) is 23.4. The monoisotopic (exact) mass is 710 g/mol. The number of hydrogen-bond donors (Lipinski definition) is 0. The maximum absolute atomic E-state index is 14.2. The van der Waals surface area contributed by atoms with E-state index in [1.807, 2.05) is 0 Å². The predicted molar refractivity (Wildman–Crippen MR) is 162 cm³/mol. The SMILES string of the molecule is C=C(C)C(=O)OCCOc1ccc(C(=O)Oc2ccc(OC(=O)c3ccc(OCCOC(=O)C(=C)C)cc3)c(C(F)(F)F)c2C(F)(F)F)cc1. The molecule has 0 unspecified atom stereocenters. The fourth-order valence-electron chi connectivity index (χ4n) is 3.82. The maximum atomic E-state index is 14.2. The third-order valence-corrected chi connectivity index (χ3v) is 6.15. The Morgan fingerprint density at radius 1 is 0.540 bits per heavy atom. The minimum absolute atomic E-state index is 0.0923. The Labute approximate surface area is 280 Å². The van der Waals surface area contributed by atoms with Crippen molar-refractivity contribution in [3.05, 3.63) is 107 Å². The van der Waals surface area contributed by atoms with Gasteiger partial charge in [0.1, 0.15) is 60.6 Å². The fraction of sp³-hybridized carbons (Fsp3) is 0.235. The van der Waals surface area contributed by atoms with Crippen LogP contribution in [0.3, 0.4) is 0 Å². The number of esters is 4. The van der Waals surface area contributed by atoms with Gasteiger partial charge in [-0.15, -0.1) is 0 Å². The van der Waals surface area contributed by atoms with Crippen LogP contribution in [0.5, 0.6) is 23.0 Å². The van der Waals surface area contributed by atoms with Crippen molar-refractivity contribution in [1.82, 2.24) is 0 Å². The Balaban J connectivity index is 1.76. The Morgan fingerprint density at radius 3 is 1.14 bits per heavy atom. The fourth-order valence-corrected chi connectivity index (χ4v) is 3.82. The lowest BCUT2D eigenvalue weighted by atomic mass is 10.0. The molecule has 3 aromatic carbocycles. The Morgan fingerprint density at radius 2 is 0.860 bits per heavy atom. The molecule has 10 nitrogen and oxygen atoms in total. The Kier molecular flexibility index (Phi) is 12.8. The van der Waals surface area contributed by atoms with Gasteiger partial charge in [0.15, 0.2) is 0 Å². The summed E-state index contributed by atoms with van der Waals surface area (Å²) in [6.07, 6.45) is -11.5. The largest absolute Gasteiger partial charge is 0.490 e. The molecule has 0 atom stereocenters. The lowest BCUT2D eigenvalue weighted by molar-refractivity contribution is -0.163. The van der Waals surface area contributed by atoms with Crippen molar-refractivity contribution < 1.29 is 73.9 Å². The van der Waals surface area contributed by atoms with Crippen LogP contribution in [0.15, 0.2) is 85.0 Å². The molecule has 0 aromatic heterocycles. The van der Waals surface area contributed by atoms with Gasteiger partial charge >= 0.3 is 36.2 Å². The number of halogens is 6. The quantitative estimate of drug-likeness (QED) is 0.0560. The van der Waals surface area contributed by atoms with E-state index in [1.165, 1.54) is 38.1 Å². The lowest BCUT2D eigenvalue weighted by Crippen LogP contribution is -2.22. The van der Waals surface area contributed by atoms with Crippen molar-refractivity contribution in [3.8, 4) is 23.0 Å². The molecule has 3 aromatic rings. The first-order valence-electron chi connectivity index (χ1n) is 14.2. The van der Waals surface area contributed by atoms with E-state index >= 15 is 0 Å². The van der Waals surface area contributed by atoms with Crippen LogP contribution in [0.25, 0.3) is 0 Å². The minimum atomic E-state index is -5.73. The summed E-state index contributed by atoms with van der Waals surface area (Å²) in [4.78, 5) is 48.1. The van der Waals surface area contributed by atoms with E-state index in [0.717, 1.165) is 24.3 Å². The second kappa shape index (κ2) is 16.5. The van der Waals surface area contributed by atoms with Gasteiger partial charge in [0.2, 0.25) is 0 Å². The highest BCUT2D eigenvalue weighted by atomic mass is 19.4. The number of carbonyl (C=O) groups is 4. The van der Waals surface area contributed by atoms with Gasteiger partial charge in [-0.05, 0) is 74.5 Å². The third kappa shape index (κ3) is 10.9. The molecule has 16 heteroatoms. The predicted octanol–water partition coefficient (Wildman–Crippen LogP) is 7.16. The van der Waals surface area contributed by atoms with Crippen LogP contribution in [0.4, 0.5) is 26.3 Å². The van der Waals surface area contributed by atoms with Crippen LogP contribution < -0.4 is 18.9 Å². The van der Waals surface area contributed by atoms with Crippen molar-refractivity contribution in [3.63, 3.8) is 0 Å². The molecule has 0 N–H and O–H groups in total. The second-order valence-corrected chi connectivity index (χ2v) is 10.2. The van der Waals surface area contributed by atoms with Crippen LogP contribution in [-0.2, 0) is 31.4 Å². The first kappa shape index (κ1) is 38.6. The van der Waals surface area contributed by atoms with Gasteiger partial charge in [0.05, 0.1) is 11.1 Å². The normalized spacial score (nSPS) is 11.2. The molecule has 0 spiro atoms. The molecule has 0 aliphatic carbocycles. The molecule has 266 valence electrons. The van der Waals surface area contributed by atoms with E-state index < -0.39 is 58.9 Å². The van der Waals surface area contributed by atoms with Gasteiger partial charge in [0, 0.05) is 11.1 Å². The summed E-state index contributed by atoms with van der Waals surface area (Å²) in [6.45, 7) is 9.27. The van der Waals surface area contributed by atoms with E-state index in [2.05, 4.69) is 13.2 Å². The molecule has 3 rings (SSSR count). The maximum Gasteiger partial charge on any atom is 0.420 e. The Bertz CT molecular complexity index is 1620. The van der Waals surface area contributed by atoms with Crippen LogP contribution in [0.1, 0.15) is 45.7 Å². The molecule has 0 aliphatic heterocycles. The molecule has 0 saturated carbocycles. The van der Waals surface area contributed by atoms with Crippen molar-refractivity contribution in [2.24, 2.45) is 0 Å². The van der Waals surface area contributed by atoms with Crippen molar-refractivity contribution in [2.45, 2.75) is 26.2 Å². The van der Waals surface area contributed by atoms with E-state index in [-0.39, 0.29) is 60.2 Å². The number of ether oxygens (including phenoxy) is 6. The summed E-state index contributed by atoms with van der Waals surface area (Å²) < 4.78 is 115. The number of rotatable bonds is 14. The van der Waals surface area contributed by atoms with Crippen LogP contribution in [0, 0.1) is 0 Å². The molecule has 0 heterocycles. The summed E-state index contributed by atoms with van der Waals surface area (Å²) >= 11 is 0. The van der Waals surface area contributed by atoms with Crippen molar-refractivity contribution in [1.29, 1.82) is 0 Å². The first-order valence-corrected chi connectivity index (χ1v) is 14.2. The van der Waals surface area contributed by atoms with Gasteiger partial charge < -0.3 is 28.4 Å². The molecule has 0 saturated heterocycles. The van der Waals surface area contributed by atoms with E-state index in [1.54, 1.807) is 0 Å². The van der Waals surface area contributed by atoms with E-state index in [0.29, 0.717) is 12.1 Å². The Hall–Kier alpha value is -5.80. The summed E-state index contributed by atoms with van der Waals surface area (Å²) in [5.74, 6) is -6.82. The summed E-state index contributed by atoms with van der Waals surface area (Å²) in [5, 5.41) is 0. The molecular weight excluding hydrogens is 682 g/mol. The standard InChI is InChI=1S/C34H28F6O10/c1-19(2)29(41)47-17-15-45-23-9-5-21(6-10-23)31(43)49-25-13-14-26(28(34(38,39)40)27(25)33(35,36)37)50-32(44)22-7-11-24(12-8-22)46-16-18-48-30(42)20(3)4/h5-14H,1,3,15-18H2,2,4H3. The highest BCUT2D eigenvalue weighted by Crippen LogP contribution is 2.49. The summed E-state index contributed by atoms with van der Waals surface area (Å²) in [7, 11) is 0.